The van der Waals surface area contributed by atoms with Crippen LogP contribution in [0, 0.1) is 6.92 Å². The van der Waals surface area contributed by atoms with Crippen molar-refractivity contribution in [2.45, 2.75) is 25.8 Å². The predicted octanol–water partition coefficient (Wildman–Crippen LogP) is 2.96. The minimum atomic E-state index is -3.76. The lowest BCUT2D eigenvalue weighted by molar-refractivity contribution is -0.174. The fraction of sp³-hybridized carbons (Fsp3) is 0.417. The van der Waals surface area contributed by atoms with Gasteiger partial charge in [0.15, 0.2) is 0 Å². The number of aryl methyl sites for hydroxylation is 1. The molecule has 18 heavy (non-hydrogen) atoms. The van der Waals surface area contributed by atoms with Gasteiger partial charge in [-0.1, -0.05) is 28.1 Å². The highest BCUT2D eigenvalue weighted by molar-refractivity contribution is 9.10. The summed E-state index contributed by atoms with van der Waals surface area (Å²) in [5.41, 5.74) is 6.54. The summed E-state index contributed by atoms with van der Waals surface area (Å²) < 4.78 is 32.3. The van der Waals surface area contributed by atoms with Crippen molar-refractivity contribution in [3.8, 4) is 0 Å². The fourth-order valence-corrected chi connectivity index (χ4v) is 2.17. The van der Waals surface area contributed by atoms with E-state index in [1.54, 1.807) is 12.1 Å². The van der Waals surface area contributed by atoms with Crippen molar-refractivity contribution < 1.29 is 18.3 Å². The number of carbonyl (C=O) groups is 1. The van der Waals surface area contributed by atoms with Crippen LogP contribution >= 0.6 is 15.9 Å². The van der Waals surface area contributed by atoms with Crippen molar-refractivity contribution in [1.82, 2.24) is 0 Å². The summed E-state index contributed by atoms with van der Waals surface area (Å²) in [5, 5.41) is 0. The Morgan fingerprint density at radius 3 is 2.67 bits per heavy atom. The molecule has 1 atom stereocenters. The zero-order chi connectivity index (χ0) is 13.9. The Morgan fingerprint density at radius 1 is 1.56 bits per heavy atom. The number of esters is 1. The molecule has 1 aromatic rings. The maximum atomic E-state index is 13.7. The van der Waals surface area contributed by atoms with Crippen LogP contribution in [0.15, 0.2) is 22.7 Å². The van der Waals surface area contributed by atoms with E-state index in [0.717, 1.165) is 5.56 Å². The third kappa shape index (κ3) is 3.05. The summed E-state index contributed by atoms with van der Waals surface area (Å²) in [6.45, 7) is 3.17. The molecule has 0 spiro atoms. The molecule has 3 nitrogen and oxygen atoms in total. The van der Waals surface area contributed by atoms with Crippen LogP contribution in [0.3, 0.4) is 0 Å². The minimum absolute atomic E-state index is 0.115. The number of rotatable bonds is 4. The van der Waals surface area contributed by atoms with Crippen molar-refractivity contribution in [2.24, 2.45) is 5.73 Å². The third-order valence-electron chi connectivity index (χ3n) is 2.43. The van der Waals surface area contributed by atoms with Gasteiger partial charge in [-0.15, -0.1) is 0 Å². The van der Waals surface area contributed by atoms with E-state index in [-0.39, 0.29) is 12.2 Å². The Bertz CT molecular complexity index is 452. The van der Waals surface area contributed by atoms with Gasteiger partial charge in [-0.25, -0.2) is 4.79 Å². The smallest absolute Gasteiger partial charge is 0.379 e. The Balaban J connectivity index is 3.05. The first-order valence-electron chi connectivity index (χ1n) is 5.37. The highest BCUT2D eigenvalue weighted by atomic mass is 79.9. The molecule has 2 N–H and O–H groups in total. The fourth-order valence-electron chi connectivity index (χ4n) is 1.43. The van der Waals surface area contributed by atoms with E-state index in [1.807, 2.05) is 6.92 Å². The average Bonchev–Trinajstić information content (AvgIpc) is 2.28. The second-order valence-corrected chi connectivity index (χ2v) is 4.70. The van der Waals surface area contributed by atoms with Gasteiger partial charge in [-0.2, -0.15) is 8.78 Å². The number of hydrogen-bond acceptors (Lipinski definition) is 3. The molecule has 0 fully saturated rings. The first-order chi connectivity index (χ1) is 8.30. The van der Waals surface area contributed by atoms with E-state index in [1.165, 1.54) is 13.0 Å². The van der Waals surface area contributed by atoms with Gasteiger partial charge in [0.05, 0.1) is 6.61 Å². The topological polar surface area (TPSA) is 52.3 Å². The Labute approximate surface area is 112 Å². The molecule has 0 saturated heterocycles. The molecule has 1 rings (SSSR count). The van der Waals surface area contributed by atoms with E-state index < -0.39 is 17.9 Å². The van der Waals surface area contributed by atoms with Crippen LogP contribution in [0.1, 0.15) is 24.1 Å². The lowest BCUT2D eigenvalue weighted by Crippen LogP contribution is -2.41. The van der Waals surface area contributed by atoms with Crippen LogP contribution in [-0.2, 0) is 9.53 Å². The maximum absolute atomic E-state index is 13.7. The molecule has 0 amide bonds. The van der Waals surface area contributed by atoms with Crippen molar-refractivity contribution in [1.29, 1.82) is 0 Å². The van der Waals surface area contributed by atoms with E-state index in [4.69, 9.17) is 5.73 Å². The molecular weight excluding hydrogens is 308 g/mol. The zero-order valence-electron chi connectivity index (χ0n) is 10.0. The number of carbonyl (C=O) groups excluding carboxylic acids is 1. The van der Waals surface area contributed by atoms with E-state index in [9.17, 15) is 13.6 Å². The number of hydrogen-bond donors (Lipinski definition) is 1. The number of nitrogens with two attached hydrogens (primary N) is 1. The second kappa shape index (κ2) is 5.75. The second-order valence-electron chi connectivity index (χ2n) is 3.85. The van der Waals surface area contributed by atoms with Crippen LogP contribution in [0.25, 0.3) is 0 Å². The largest absolute Gasteiger partial charge is 0.462 e. The van der Waals surface area contributed by atoms with Gasteiger partial charge in [-0.3, -0.25) is 0 Å². The normalized spacial score (nSPS) is 13.2. The number of benzene rings is 1. The summed E-state index contributed by atoms with van der Waals surface area (Å²) in [7, 11) is 0. The number of halogens is 3. The van der Waals surface area contributed by atoms with Gasteiger partial charge in [0, 0.05) is 4.47 Å². The van der Waals surface area contributed by atoms with Crippen LogP contribution in [-0.4, -0.2) is 18.5 Å². The van der Waals surface area contributed by atoms with Gasteiger partial charge in [-0.05, 0) is 31.0 Å². The number of alkyl halides is 2. The van der Waals surface area contributed by atoms with Gasteiger partial charge < -0.3 is 10.5 Å². The van der Waals surface area contributed by atoms with Crippen molar-refractivity contribution in [2.75, 3.05) is 6.61 Å². The summed E-state index contributed by atoms with van der Waals surface area (Å²) >= 11 is 3.16. The van der Waals surface area contributed by atoms with Gasteiger partial charge >= 0.3 is 11.9 Å². The zero-order valence-corrected chi connectivity index (χ0v) is 11.6. The van der Waals surface area contributed by atoms with Crippen molar-refractivity contribution in [3.05, 3.63) is 33.8 Å². The Morgan fingerprint density at radius 2 is 2.17 bits per heavy atom. The molecule has 0 bridgehead atoms. The molecule has 0 radical (unpaired) electrons. The summed E-state index contributed by atoms with van der Waals surface area (Å²) in [5.74, 6) is -5.36. The third-order valence-corrected chi connectivity index (χ3v) is 3.12. The Kier molecular flexibility index (Phi) is 4.81. The highest BCUT2D eigenvalue weighted by Crippen LogP contribution is 2.34. The van der Waals surface area contributed by atoms with Crippen molar-refractivity contribution in [3.63, 3.8) is 0 Å². The summed E-state index contributed by atoms with van der Waals surface area (Å²) in [6, 6.07) is 3.04. The molecule has 1 aromatic carbocycles. The average molecular weight is 322 g/mol. The highest BCUT2D eigenvalue weighted by Gasteiger charge is 2.48. The van der Waals surface area contributed by atoms with E-state index >= 15 is 0 Å². The first-order valence-corrected chi connectivity index (χ1v) is 6.16. The summed E-state index contributed by atoms with van der Waals surface area (Å²) in [4.78, 5) is 11.2. The quantitative estimate of drug-likeness (QED) is 0.867. The van der Waals surface area contributed by atoms with Crippen LogP contribution < -0.4 is 5.73 Å². The van der Waals surface area contributed by atoms with Crippen LogP contribution in [0.4, 0.5) is 8.78 Å². The van der Waals surface area contributed by atoms with Crippen molar-refractivity contribution >= 4 is 21.9 Å². The minimum Gasteiger partial charge on any atom is -0.462 e. The molecular formula is C12H14BrF2NO2. The Hall–Kier alpha value is -1.01. The van der Waals surface area contributed by atoms with Gasteiger partial charge in [0.1, 0.15) is 6.04 Å². The van der Waals surface area contributed by atoms with Gasteiger partial charge in [0.2, 0.25) is 0 Å². The predicted molar refractivity (Wildman–Crippen MR) is 67.4 cm³/mol. The number of ether oxygens (including phenoxy) is 1. The molecule has 0 unspecified atom stereocenters. The lowest BCUT2D eigenvalue weighted by Gasteiger charge is -2.22. The molecule has 0 saturated carbocycles. The van der Waals surface area contributed by atoms with E-state index in [2.05, 4.69) is 20.7 Å². The maximum Gasteiger partial charge on any atom is 0.379 e. The van der Waals surface area contributed by atoms with Crippen LogP contribution in [0.5, 0.6) is 0 Å². The standard InChI is InChI=1S/C12H14BrF2NO2/c1-3-18-11(17)12(14,15)10(16)8-5-4-7(2)6-9(8)13/h4-6,10H,3,16H2,1-2H3/t10-/m0/s1. The molecule has 0 heterocycles. The molecule has 100 valence electrons. The van der Waals surface area contributed by atoms with Gasteiger partial charge in [0.25, 0.3) is 0 Å². The molecule has 0 aliphatic carbocycles. The monoisotopic (exact) mass is 321 g/mol. The molecule has 0 aliphatic heterocycles. The molecule has 6 heteroatoms. The first kappa shape index (κ1) is 15.0. The van der Waals surface area contributed by atoms with Crippen LogP contribution in [0.2, 0.25) is 0 Å². The lowest BCUT2D eigenvalue weighted by atomic mass is 10.0. The van der Waals surface area contributed by atoms with E-state index in [0.29, 0.717) is 4.47 Å². The SMILES string of the molecule is CCOC(=O)C(F)(F)[C@@H](N)c1ccc(C)cc1Br. The summed E-state index contributed by atoms with van der Waals surface area (Å²) in [6.07, 6.45) is 0. The molecule has 0 aromatic heterocycles. The molecule has 0 aliphatic rings.